The lowest BCUT2D eigenvalue weighted by Gasteiger charge is -2.25. The maximum absolute atomic E-state index is 9.59. The van der Waals surface area contributed by atoms with Crippen molar-refractivity contribution in [1.82, 2.24) is 5.32 Å². The van der Waals surface area contributed by atoms with Gasteiger partial charge in [-0.2, -0.15) is 0 Å². The molecule has 0 unspecified atom stereocenters. The molecule has 2 atom stereocenters. The number of aliphatic imine (C=N–C) groups is 3. The molecule has 0 saturated carbocycles. The zero-order valence-corrected chi connectivity index (χ0v) is 5.60. The zero-order valence-electron chi connectivity index (χ0n) is 5.60. The van der Waals surface area contributed by atoms with Crippen LogP contribution < -0.4 is 11.1 Å². The van der Waals surface area contributed by atoms with Crippen LogP contribution in [0.1, 0.15) is 0 Å². The number of aliphatic hydroxyl groups is 1. The lowest BCUT2D eigenvalue weighted by atomic mass is 10.2. The van der Waals surface area contributed by atoms with E-state index in [1.165, 1.54) is 12.7 Å². The minimum Gasteiger partial charge on any atom is -0.385 e. The highest BCUT2D eigenvalue weighted by Crippen LogP contribution is 2.18. The molecule has 0 aromatic rings. The maximum Gasteiger partial charge on any atom is 0.267 e. The molecule has 4 N–H and O–H groups in total. The molecule has 6 nitrogen and oxygen atoms in total. The number of fused-ring (bicyclic) bond motifs is 1. The van der Waals surface area contributed by atoms with Crippen molar-refractivity contribution >= 4 is 18.5 Å². The van der Waals surface area contributed by atoms with Crippen LogP contribution in [0.15, 0.2) is 15.0 Å². The fraction of sp³-hybridized carbons (Fsp3) is 0.400. The van der Waals surface area contributed by atoms with Crippen LogP contribution >= 0.6 is 0 Å². The van der Waals surface area contributed by atoms with Crippen molar-refractivity contribution in [1.29, 1.82) is 0 Å². The molecule has 0 amide bonds. The molecule has 0 aromatic heterocycles. The van der Waals surface area contributed by atoms with Crippen LogP contribution in [-0.4, -0.2) is 35.5 Å². The normalized spacial score (nSPS) is 39.7. The summed E-state index contributed by atoms with van der Waals surface area (Å²) in [5.41, 5.74) is 5.45. The number of nitrogens with two attached hydrogens (primary N) is 1. The van der Waals surface area contributed by atoms with E-state index >= 15 is 0 Å². The molecule has 2 aliphatic rings. The molecule has 2 aliphatic heterocycles. The van der Waals surface area contributed by atoms with Gasteiger partial charge in [0.2, 0.25) is 0 Å². The van der Waals surface area contributed by atoms with Crippen molar-refractivity contribution in [3.05, 3.63) is 0 Å². The Morgan fingerprint density at radius 1 is 1.73 bits per heavy atom. The van der Waals surface area contributed by atoms with Crippen molar-refractivity contribution < 1.29 is 5.11 Å². The van der Waals surface area contributed by atoms with Crippen LogP contribution in [0.5, 0.6) is 0 Å². The number of hydrogen-bond acceptors (Lipinski definition) is 6. The first-order valence-corrected chi connectivity index (χ1v) is 3.11. The van der Waals surface area contributed by atoms with Gasteiger partial charge in [-0.3, -0.25) is 4.99 Å². The summed E-state index contributed by atoms with van der Waals surface area (Å²) in [5.74, 6) is -1.13. The molecule has 58 valence electrons. The molecule has 0 aromatic carbocycles. The molecule has 2 rings (SSSR count). The number of nitrogens with zero attached hydrogens (tertiary/aromatic N) is 3. The Labute approximate surface area is 62.6 Å². The van der Waals surface area contributed by atoms with Crippen LogP contribution in [0.4, 0.5) is 0 Å². The molecular weight excluding hydrogens is 146 g/mol. The van der Waals surface area contributed by atoms with E-state index in [0.717, 1.165) is 0 Å². The second kappa shape index (κ2) is 1.79. The minimum atomic E-state index is -1.40. The highest BCUT2D eigenvalue weighted by atomic mass is 16.3. The van der Waals surface area contributed by atoms with E-state index in [-0.39, 0.29) is 5.84 Å². The number of hydrogen-bond donors (Lipinski definition) is 3. The van der Waals surface area contributed by atoms with Crippen molar-refractivity contribution in [3.63, 3.8) is 0 Å². The van der Waals surface area contributed by atoms with Gasteiger partial charge in [-0.05, 0) is 0 Å². The first-order valence-electron chi connectivity index (χ1n) is 3.11. The van der Waals surface area contributed by atoms with Gasteiger partial charge < -0.3 is 16.2 Å². The van der Waals surface area contributed by atoms with Crippen LogP contribution in [0.3, 0.4) is 0 Å². The first-order chi connectivity index (χ1) is 5.22. The smallest absolute Gasteiger partial charge is 0.267 e. The van der Waals surface area contributed by atoms with Gasteiger partial charge in [-0.15, -0.1) is 0 Å². The first kappa shape index (κ1) is 6.29. The van der Waals surface area contributed by atoms with E-state index in [1.54, 1.807) is 0 Å². The Kier molecular flexibility index (Phi) is 1.02. The van der Waals surface area contributed by atoms with Crippen LogP contribution in [0.25, 0.3) is 0 Å². The fourth-order valence-electron chi connectivity index (χ4n) is 1.03. The third kappa shape index (κ3) is 0.726. The summed E-state index contributed by atoms with van der Waals surface area (Å²) in [6, 6.07) is -0.576. The van der Waals surface area contributed by atoms with E-state index in [4.69, 9.17) is 5.73 Å². The molecule has 2 heterocycles. The summed E-state index contributed by atoms with van der Waals surface area (Å²) in [6.07, 6.45) is 2.59. The summed E-state index contributed by atoms with van der Waals surface area (Å²) in [7, 11) is 0. The summed E-state index contributed by atoms with van der Waals surface area (Å²) in [6.45, 7) is 0. The average Bonchev–Trinajstić information content (AvgIpc) is 2.31. The highest BCUT2D eigenvalue weighted by molar-refractivity contribution is 5.96. The van der Waals surface area contributed by atoms with Gasteiger partial charge in [0.1, 0.15) is 12.2 Å². The SMILES string of the molecule is NC1=NC=N[C@@]2(O)NC=N[C@H]12. The molecule has 0 fully saturated rings. The summed E-state index contributed by atoms with van der Waals surface area (Å²) >= 11 is 0. The largest absolute Gasteiger partial charge is 0.385 e. The predicted octanol–water partition coefficient (Wildman–Crippen LogP) is -1.97. The van der Waals surface area contributed by atoms with Crippen LogP contribution in [0.2, 0.25) is 0 Å². The Hall–Kier alpha value is -1.43. The van der Waals surface area contributed by atoms with Gasteiger partial charge >= 0.3 is 0 Å². The molecule has 11 heavy (non-hydrogen) atoms. The number of nitrogens with one attached hydrogen (secondary N) is 1. The minimum absolute atomic E-state index is 0.267. The monoisotopic (exact) mass is 153 g/mol. The summed E-state index contributed by atoms with van der Waals surface area (Å²) in [5, 5.41) is 12.2. The van der Waals surface area contributed by atoms with E-state index < -0.39 is 11.9 Å². The van der Waals surface area contributed by atoms with E-state index in [1.807, 2.05) is 0 Å². The summed E-state index contributed by atoms with van der Waals surface area (Å²) in [4.78, 5) is 11.3. The van der Waals surface area contributed by atoms with Gasteiger partial charge in [0.15, 0.2) is 6.04 Å². The predicted molar refractivity (Wildman–Crippen MR) is 40.5 cm³/mol. The Bertz CT molecular complexity index is 270. The van der Waals surface area contributed by atoms with E-state index in [2.05, 4.69) is 20.3 Å². The van der Waals surface area contributed by atoms with Crippen LogP contribution in [-0.2, 0) is 0 Å². The molecule has 0 saturated heterocycles. The quantitative estimate of drug-likeness (QED) is 0.376. The molecule has 0 radical (unpaired) electrons. The van der Waals surface area contributed by atoms with Crippen molar-refractivity contribution in [2.24, 2.45) is 20.7 Å². The lowest BCUT2D eigenvalue weighted by molar-refractivity contribution is 0.0376. The molecule has 0 aliphatic carbocycles. The number of rotatable bonds is 0. The maximum atomic E-state index is 9.59. The van der Waals surface area contributed by atoms with Gasteiger partial charge in [0, 0.05) is 0 Å². The van der Waals surface area contributed by atoms with Gasteiger partial charge in [-0.25, -0.2) is 9.98 Å². The number of amidine groups is 1. The average molecular weight is 153 g/mol. The standard InChI is InChI=1S/C5H7N5O/c6-4-3-5(11,9-1-7-3)10-2-8-4/h1-3,11H,(H,7,9)(H2,6,8,10)/t3-,5+/m1/s1. The Morgan fingerprint density at radius 2 is 2.55 bits per heavy atom. The molecular formula is C5H7N5O. The zero-order chi connectivity index (χ0) is 7.90. The second-order valence-electron chi connectivity index (χ2n) is 2.35. The Balaban J connectivity index is 2.40. The molecule has 6 heteroatoms. The van der Waals surface area contributed by atoms with Crippen molar-refractivity contribution in [3.8, 4) is 0 Å². The van der Waals surface area contributed by atoms with E-state index in [0.29, 0.717) is 0 Å². The van der Waals surface area contributed by atoms with Crippen molar-refractivity contribution in [2.75, 3.05) is 0 Å². The van der Waals surface area contributed by atoms with Gasteiger partial charge in [0.25, 0.3) is 5.85 Å². The third-order valence-corrected chi connectivity index (χ3v) is 1.62. The fourth-order valence-corrected chi connectivity index (χ4v) is 1.03. The molecule has 0 bridgehead atoms. The topological polar surface area (TPSA) is 95.4 Å². The molecule has 0 spiro atoms. The highest BCUT2D eigenvalue weighted by Gasteiger charge is 2.43. The third-order valence-electron chi connectivity index (χ3n) is 1.62. The van der Waals surface area contributed by atoms with Gasteiger partial charge in [0.05, 0.1) is 6.34 Å². The summed E-state index contributed by atoms with van der Waals surface area (Å²) < 4.78 is 0. The second-order valence-corrected chi connectivity index (χ2v) is 2.35. The lowest BCUT2D eigenvalue weighted by Crippen LogP contribution is -2.53. The van der Waals surface area contributed by atoms with Crippen molar-refractivity contribution in [2.45, 2.75) is 11.9 Å². The van der Waals surface area contributed by atoms with Crippen LogP contribution in [0, 0.1) is 0 Å². The van der Waals surface area contributed by atoms with E-state index in [9.17, 15) is 5.11 Å². The van der Waals surface area contributed by atoms with Gasteiger partial charge in [-0.1, -0.05) is 0 Å². The Morgan fingerprint density at radius 3 is 3.27 bits per heavy atom.